The van der Waals surface area contributed by atoms with E-state index in [0.717, 1.165) is 29.5 Å². The first-order chi connectivity index (χ1) is 16.7. The van der Waals surface area contributed by atoms with Gasteiger partial charge in [-0.05, 0) is 50.5 Å². The number of thioether (sulfide) groups is 1. The van der Waals surface area contributed by atoms with E-state index in [0.29, 0.717) is 23.7 Å². The highest BCUT2D eigenvalue weighted by atomic mass is 32.2. The molecule has 35 heavy (non-hydrogen) atoms. The SMILES string of the molecule is CCCCCCCC(C)Oc1ccc(/C=C2/SC(=S)N(C(CC(N)=O)C(=O)O)C2=O)cc1OCC. The average Bonchev–Trinajstić information content (AvgIpc) is 3.06. The van der Waals surface area contributed by atoms with Crippen molar-refractivity contribution in [2.75, 3.05) is 6.61 Å². The molecule has 1 aromatic rings. The number of primary amides is 1. The molecule has 0 aliphatic carbocycles. The topological polar surface area (TPSA) is 119 Å². The van der Waals surface area contributed by atoms with Gasteiger partial charge in [-0.1, -0.05) is 62.7 Å². The Bertz CT molecular complexity index is 965. The van der Waals surface area contributed by atoms with Gasteiger partial charge in [-0.3, -0.25) is 14.5 Å². The number of benzene rings is 1. The van der Waals surface area contributed by atoms with E-state index >= 15 is 0 Å². The molecule has 2 atom stereocenters. The van der Waals surface area contributed by atoms with Gasteiger partial charge < -0.3 is 20.3 Å². The highest BCUT2D eigenvalue weighted by Crippen LogP contribution is 2.36. The number of thiocarbonyl (C=S) groups is 1. The predicted octanol–water partition coefficient (Wildman–Crippen LogP) is 4.74. The van der Waals surface area contributed by atoms with Gasteiger partial charge in [0.2, 0.25) is 5.91 Å². The first kappa shape index (κ1) is 28.6. The summed E-state index contributed by atoms with van der Waals surface area (Å²) < 4.78 is 12.0. The maximum absolute atomic E-state index is 12.9. The zero-order valence-electron chi connectivity index (χ0n) is 20.5. The van der Waals surface area contributed by atoms with Crippen molar-refractivity contribution in [3.63, 3.8) is 0 Å². The molecule has 1 aliphatic rings. The van der Waals surface area contributed by atoms with Crippen LogP contribution in [0.4, 0.5) is 0 Å². The number of unbranched alkanes of at least 4 members (excludes halogenated alkanes) is 4. The standard InChI is InChI=1S/C25H34N2O6S2/c1-4-6-7-8-9-10-16(3)33-19-12-11-17(13-20(19)32-5-2)14-21-23(29)27(25(34)35-21)18(24(30)31)15-22(26)28/h11-14,16,18H,4-10,15H2,1-3H3,(H2,26,28)(H,30,31)/b21-14+. The lowest BCUT2D eigenvalue weighted by Gasteiger charge is -2.21. The molecule has 2 unspecified atom stereocenters. The number of rotatable bonds is 15. The number of carboxylic acids is 1. The largest absolute Gasteiger partial charge is 0.490 e. The second-order valence-corrected chi connectivity index (χ2v) is 10.0. The molecular formula is C25H34N2O6S2. The lowest BCUT2D eigenvalue weighted by molar-refractivity contribution is -0.146. The van der Waals surface area contributed by atoms with Gasteiger partial charge in [-0.25, -0.2) is 4.79 Å². The number of carbonyl (C=O) groups excluding carboxylic acids is 2. The number of aliphatic carboxylic acids is 1. The van der Waals surface area contributed by atoms with Gasteiger partial charge >= 0.3 is 5.97 Å². The summed E-state index contributed by atoms with van der Waals surface area (Å²) in [5, 5.41) is 9.46. The van der Waals surface area contributed by atoms with Crippen molar-refractivity contribution >= 4 is 52.2 Å². The molecule has 192 valence electrons. The van der Waals surface area contributed by atoms with Crippen LogP contribution in [0.1, 0.15) is 71.3 Å². The average molecular weight is 523 g/mol. The predicted molar refractivity (Wildman–Crippen MR) is 141 cm³/mol. The highest BCUT2D eigenvalue weighted by Gasteiger charge is 2.41. The number of carboxylic acid groups (broad SMARTS) is 1. The molecule has 1 aliphatic heterocycles. The molecule has 0 saturated carbocycles. The molecule has 0 bridgehead atoms. The Kier molecular flexibility index (Phi) is 11.5. The van der Waals surface area contributed by atoms with Gasteiger partial charge in [0.15, 0.2) is 11.5 Å². The smallest absolute Gasteiger partial charge is 0.327 e. The summed E-state index contributed by atoms with van der Waals surface area (Å²) in [6.07, 6.45) is 8.10. The molecule has 3 N–H and O–H groups in total. The van der Waals surface area contributed by atoms with Crippen molar-refractivity contribution in [2.24, 2.45) is 5.73 Å². The first-order valence-electron chi connectivity index (χ1n) is 11.9. The van der Waals surface area contributed by atoms with E-state index in [1.54, 1.807) is 24.3 Å². The third-order valence-electron chi connectivity index (χ3n) is 5.42. The fourth-order valence-electron chi connectivity index (χ4n) is 3.67. The molecule has 10 heteroatoms. The van der Waals surface area contributed by atoms with E-state index in [4.69, 9.17) is 27.4 Å². The molecule has 1 fully saturated rings. The van der Waals surface area contributed by atoms with Crippen molar-refractivity contribution in [3.05, 3.63) is 28.7 Å². The number of nitrogens with two attached hydrogens (primary N) is 1. The Morgan fingerprint density at radius 3 is 2.54 bits per heavy atom. The molecule has 0 aromatic heterocycles. The summed E-state index contributed by atoms with van der Waals surface area (Å²) in [5.74, 6) is -1.57. The molecular weight excluding hydrogens is 488 g/mol. The van der Waals surface area contributed by atoms with Crippen LogP contribution in [0.5, 0.6) is 11.5 Å². The van der Waals surface area contributed by atoms with Gasteiger partial charge in [-0.2, -0.15) is 0 Å². The van der Waals surface area contributed by atoms with Crippen molar-refractivity contribution in [1.82, 2.24) is 4.90 Å². The second kappa shape index (κ2) is 14.1. The molecule has 8 nitrogen and oxygen atoms in total. The summed E-state index contributed by atoms with van der Waals surface area (Å²) in [4.78, 5) is 37.0. The first-order valence-corrected chi connectivity index (χ1v) is 13.1. The summed E-state index contributed by atoms with van der Waals surface area (Å²) in [6.45, 7) is 6.56. The molecule has 1 heterocycles. The van der Waals surface area contributed by atoms with Crippen LogP contribution in [0.15, 0.2) is 23.1 Å². The number of carbonyl (C=O) groups is 3. The second-order valence-electron chi connectivity index (χ2n) is 8.35. The van der Waals surface area contributed by atoms with Gasteiger partial charge in [0, 0.05) is 0 Å². The fraction of sp³-hybridized carbons (Fsp3) is 0.520. The van der Waals surface area contributed by atoms with Gasteiger partial charge in [0.25, 0.3) is 5.91 Å². The molecule has 0 spiro atoms. The van der Waals surface area contributed by atoms with E-state index in [1.165, 1.54) is 25.7 Å². The molecule has 0 radical (unpaired) electrons. The molecule has 1 aromatic carbocycles. The maximum Gasteiger partial charge on any atom is 0.327 e. The minimum absolute atomic E-state index is 0.0381. The Morgan fingerprint density at radius 1 is 1.20 bits per heavy atom. The summed E-state index contributed by atoms with van der Waals surface area (Å²) in [7, 11) is 0. The van der Waals surface area contributed by atoms with E-state index in [-0.39, 0.29) is 15.3 Å². The highest BCUT2D eigenvalue weighted by molar-refractivity contribution is 8.26. The third-order valence-corrected chi connectivity index (χ3v) is 6.75. The molecule has 1 saturated heterocycles. The van der Waals surface area contributed by atoms with Crippen LogP contribution in [0.25, 0.3) is 6.08 Å². The number of hydrogen-bond acceptors (Lipinski definition) is 7. The van der Waals surface area contributed by atoms with Crippen LogP contribution in [-0.4, -0.2) is 50.9 Å². The minimum atomic E-state index is -1.44. The lowest BCUT2D eigenvalue weighted by Crippen LogP contribution is -2.46. The Morgan fingerprint density at radius 2 is 1.91 bits per heavy atom. The van der Waals surface area contributed by atoms with E-state index < -0.39 is 30.2 Å². The van der Waals surface area contributed by atoms with Crippen LogP contribution >= 0.6 is 24.0 Å². The Hall–Kier alpha value is -2.59. The quantitative estimate of drug-likeness (QED) is 0.193. The number of nitrogens with zero attached hydrogens (tertiary/aromatic N) is 1. The zero-order valence-corrected chi connectivity index (χ0v) is 22.1. The van der Waals surface area contributed by atoms with Crippen LogP contribution in [0.2, 0.25) is 0 Å². The van der Waals surface area contributed by atoms with Crippen LogP contribution in [-0.2, 0) is 14.4 Å². The van der Waals surface area contributed by atoms with Crippen LogP contribution in [0.3, 0.4) is 0 Å². The summed E-state index contributed by atoms with van der Waals surface area (Å²) in [6, 6.07) is 3.94. The third kappa shape index (κ3) is 8.54. The molecule has 2 rings (SSSR count). The monoisotopic (exact) mass is 522 g/mol. The summed E-state index contributed by atoms with van der Waals surface area (Å²) >= 11 is 6.20. The van der Waals surface area contributed by atoms with E-state index in [1.807, 2.05) is 13.8 Å². The number of amides is 2. The lowest BCUT2D eigenvalue weighted by atomic mass is 10.1. The van der Waals surface area contributed by atoms with Crippen LogP contribution in [0, 0.1) is 0 Å². The van der Waals surface area contributed by atoms with Crippen molar-refractivity contribution in [3.8, 4) is 11.5 Å². The van der Waals surface area contributed by atoms with Gasteiger partial charge in [0.1, 0.15) is 10.4 Å². The van der Waals surface area contributed by atoms with Crippen molar-refractivity contribution in [2.45, 2.75) is 77.9 Å². The Balaban J connectivity index is 2.16. The van der Waals surface area contributed by atoms with Gasteiger partial charge in [0.05, 0.1) is 24.0 Å². The van der Waals surface area contributed by atoms with Crippen molar-refractivity contribution < 1.29 is 29.0 Å². The summed E-state index contributed by atoms with van der Waals surface area (Å²) in [5.41, 5.74) is 5.83. The van der Waals surface area contributed by atoms with Gasteiger partial charge in [-0.15, -0.1) is 0 Å². The maximum atomic E-state index is 12.9. The normalized spacial score (nSPS) is 16.4. The Labute approximate surface area is 216 Å². The van der Waals surface area contributed by atoms with Crippen molar-refractivity contribution in [1.29, 1.82) is 0 Å². The molecule has 2 amide bonds. The fourth-order valence-corrected chi connectivity index (χ4v) is 5.03. The van der Waals surface area contributed by atoms with E-state index in [9.17, 15) is 19.5 Å². The zero-order chi connectivity index (χ0) is 26.0. The minimum Gasteiger partial charge on any atom is -0.490 e. The number of ether oxygens (including phenoxy) is 2. The van der Waals surface area contributed by atoms with E-state index in [2.05, 4.69) is 6.92 Å². The van der Waals surface area contributed by atoms with Crippen LogP contribution < -0.4 is 15.2 Å². The number of hydrogen-bond donors (Lipinski definition) is 2.